The summed E-state index contributed by atoms with van der Waals surface area (Å²) in [5, 5.41) is 12.8. The van der Waals surface area contributed by atoms with E-state index in [-0.39, 0.29) is 5.91 Å². The van der Waals surface area contributed by atoms with Crippen LogP contribution in [-0.2, 0) is 11.8 Å². The normalized spacial score (nSPS) is 12.2. The number of hydrogen-bond donors (Lipinski definition) is 2. The lowest BCUT2D eigenvalue weighted by atomic mass is 10.1. The second-order valence-corrected chi connectivity index (χ2v) is 5.95. The number of carbonyl (C=O) groups is 1. The second-order valence-electron chi connectivity index (χ2n) is 5.95. The average Bonchev–Trinajstić information content (AvgIpc) is 3.07. The van der Waals surface area contributed by atoms with E-state index in [9.17, 15) is 9.18 Å². The topological polar surface area (TPSA) is 82.8 Å². The van der Waals surface area contributed by atoms with Crippen LogP contribution in [0.2, 0.25) is 0 Å². The maximum atomic E-state index is 13.2. The molecule has 0 bridgehead atoms. The number of nitrogens with zero attached hydrogens (tertiary/aromatic N) is 4. The molecule has 0 spiro atoms. The zero-order valence-electron chi connectivity index (χ0n) is 15.5. The van der Waals surface area contributed by atoms with Crippen LogP contribution in [-0.4, -0.2) is 33.3 Å². The molecule has 144 valence electrons. The van der Waals surface area contributed by atoms with E-state index >= 15 is 0 Å². The molecular formula is C18H28FN5O2. The number of carbonyl (C=O) groups excluding carboxylic acids is 1. The summed E-state index contributed by atoms with van der Waals surface area (Å²) >= 11 is 0. The SMILES string of the molecule is C=C/C(F)=C\N=C(C)N(CCCCCCCC(=O)NO)c1ccn(C)n1. The van der Waals surface area contributed by atoms with Gasteiger partial charge in [-0.25, -0.2) is 14.9 Å². The quantitative estimate of drug-likeness (QED) is 0.157. The third kappa shape index (κ3) is 8.06. The van der Waals surface area contributed by atoms with E-state index in [1.54, 1.807) is 10.2 Å². The number of aromatic nitrogens is 2. The van der Waals surface area contributed by atoms with E-state index in [0.717, 1.165) is 50.2 Å². The Morgan fingerprint density at radius 3 is 2.73 bits per heavy atom. The highest BCUT2D eigenvalue weighted by atomic mass is 19.1. The molecule has 0 saturated heterocycles. The van der Waals surface area contributed by atoms with Gasteiger partial charge < -0.3 is 4.90 Å². The van der Waals surface area contributed by atoms with E-state index in [4.69, 9.17) is 5.21 Å². The molecule has 7 nitrogen and oxygen atoms in total. The summed E-state index contributed by atoms with van der Waals surface area (Å²) in [5.41, 5.74) is 1.63. The molecule has 0 saturated carbocycles. The molecule has 0 unspecified atom stereocenters. The molecule has 1 rings (SSSR count). The number of hydrogen-bond acceptors (Lipinski definition) is 4. The lowest BCUT2D eigenvalue weighted by Gasteiger charge is -2.21. The van der Waals surface area contributed by atoms with Gasteiger partial charge in [-0.3, -0.25) is 14.7 Å². The Hall–Kier alpha value is -2.48. The van der Waals surface area contributed by atoms with Gasteiger partial charge in [-0.2, -0.15) is 5.10 Å². The smallest absolute Gasteiger partial charge is 0.243 e. The van der Waals surface area contributed by atoms with Crippen molar-refractivity contribution in [3.63, 3.8) is 0 Å². The molecule has 1 aromatic rings. The summed E-state index contributed by atoms with van der Waals surface area (Å²) in [6, 6.07) is 1.89. The number of aryl methyl sites for hydroxylation is 1. The molecule has 1 heterocycles. The van der Waals surface area contributed by atoms with Crippen molar-refractivity contribution in [2.45, 2.75) is 45.4 Å². The van der Waals surface area contributed by atoms with E-state index in [0.29, 0.717) is 18.8 Å². The summed E-state index contributed by atoms with van der Waals surface area (Å²) in [4.78, 5) is 17.0. The summed E-state index contributed by atoms with van der Waals surface area (Å²) in [6.07, 6.45) is 9.03. The van der Waals surface area contributed by atoms with Gasteiger partial charge in [-0.05, 0) is 25.8 Å². The van der Waals surface area contributed by atoms with Crippen LogP contribution in [0, 0.1) is 0 Å². The highest BCUT2D eigenvalue weighted by molar-refractivity contribution is 5.95. The Morgan fingerprint density at radius 2 is 2.12 bits per heavy atom. The van der Waals surface area contributed by atoms with E-state index < -0.39 is 5.83 Å². The zero-order chi connectivity index (χ0) is 19.4. The number of hydroxylamine groups is 1. The molecule has 0 radical (unpaired) electrons. The number of allylic oxidation sites excluding steroid dienone is 2. The van der Waals surface area contributed by atoms with Crippen molar-refractivity contribution in [1.82, 2.24) is 15.3 Å². The minimum Gasteiger partial charge on any atom is -0.313 e. The van der Waals surface area contributed by atoms with Gasteiger partial charge in [0.25, 0.3) is 0 Å². The fourth-order valence-corrected chi connectivity index (χ4v) is 2.41. The van der Waals surface area contributed by atoms with Crippen LogP contribution < -0.4 is 10.4 Å². The number of amides is 1. The predicted octanol–water partition coefficient (Wildman–Crippen LogP) is 3.49. The number of anilines is 1. The number of rotatable bonds is 11. The number of amidine groups is 1. The first-order chi connectivity index (χ1) is 12.5. The van der Waals surface area contributed by atoms with Crippen LogP contribution in [0.4, 0.5) is 10.2 Å². The van der Waals surface area contributed by atoms with Crippen molar-refractivity contribution in [3.05, 3.63) is 36.9 Å². The fraction of sp³-hybridized carbons (Fsp3) is 0.500. The first-order valence-electron chi connectivity index (χ1n) is 8.70. The minimum absolute atomic E-state index is 0.337. The lowest BCUT2D eigenvalue weighted by molar-refractivity contribution is -0.129. The van der Waals surface area contributed by atoms with Crippen molar-refractivity contribution in [2.75, 3.05) is 11.4 Å². The summed E-state index contributed by atoms with van der Waals surface area (Å²) < 4.78 is 14.9. The third-order valence-corrected chi connectivity index (χ3v) is 3.85. The predicted molar refractivity (Wildman–Crippen MR) is 101 cm³/mol. The number of unbranched alkanes of at least 4 members (excludes halogenated alkanes) is 4. The number of halogens is 1. The van der Waals surface area contributed by atoms with Gasteiger partial charge in [0.2, 0.25) is 5.91 Å². The molecule has 0 aliphatic rings. The van der Waals surface area contributed by atoms with Crippen LogP contribution in [0.5, 0.6) is 0 Å². The highest BCUT2D eigenvalue weighted by Crippen LogP contribution is 2.14. The molecule has 0 fully saturated rings. The Kier molecular flexibility index (Phi) is 9.93. The molecule has 0 aromatic carbocycles. The Bertz CT molecular complexity index is 639. The van der Waals surface area contributed by atoms with Gasteiger partial charge in [0.1, 0.15) is 11.7 Å². The maximum absolute atomic E-state index is 13.2. The van der Waals surface area contributed by atoms with Crippen LogP contribution in [0.3, 0.4) is 0 Å². The van der Waals surface area contributed by atoms with Crippen molar-refractivity contribution < 1.29 is 14.4 Å². The second kappa shape index (κ2) is 12.0. The monoisotopic (exact) mass is 365 g/mol. The number of aliphatic imine (C=N–C) groups is 1. The fourth-order valence-electron chi connectivity index (χ4n) is 2.41. The van der Waals surface area contributed by atoms with Crippen molar-refractivity contribution in [2.24, 2.45) is 12.0 Å². The molecule has 1 amide bonds. The third-order valence-electron chi connectivity index (χ3n) is 3.85. The molecule has 8 heteroatoms. The molecule has 0 atom stereocenters. The molecule has 0 aliphatic heterocycles. The molecule has 26 heavy (non-hydrogen) atoms. The molecule has 1 aromatic heterocycles. The van der Waals surface area contributed by atoms with Crippen LogP contribution in [0.25, 0.3) is 0 Å². The van der Waals surface area contributed by atoms with E-state index in [1.807, 2.05) is 31.1 Å². The summed E-state index contributed by atoms with van der Waals surface area (Å²) in [7, 11) is 1.84. The van der Waals surface area contributed by atoms with E-state index in [2.05, 4.69) is 16.7 Å². The van der Waals surface area contributed by atoms with E-state index in [1.165, 1.54) is 0 Å². The molecule has 2 N–H and O–H groups in total. The van der Waals surface area contributed by atoms with Gasteiger partial charge in [0.05, 0.1) is 6.20 Å². The van der Waals surface area contributed by atoms with Gasteiger partial charge in [-0.15, -0.1) is 0 Å². The minimum atomic E-state index is -0.489. The maximum Gasteiger partial charge on any atom is 0.243 e. The highest BCUT2D eigenvalue weighted by Gasteiger charge is 2.12. The van der Waals surface area contributed by atoms with Crippen molar-refractivity contribution >= 4 is 17.6 Å². The van der Waals surface area contributed by atoms with Gasteiger partial charge in [0, 0.05) is 32.3 Å². The summed E-state index contributed by atoms with van der Waals surface area (Å²) in [5.74, 6) is 0.580. The zero-order valence-corrected chi connectivity index (χ0v) is 15.5. The van der Waals surface area contributed by atoms with Crippen molar-refractivity contribution in [3.8, 4) is 0 Å². The van der Waals surface area contributed by atoms with Crippen LogP contribution in [0.1, 0.15) is 45.4 Å². The van der Waals surface area contributed by atoms with Gasteiger partial charge in [0.15, 0.2) is 5.82 Å². The average molecular weight is 365 g/mol. The summed E-state index contributed by atoms with van der Waals surface area (Å²) in [6.45, 7) is 5.90. The molecular weight excluding hydrogens is 337 g/mol. The lowest BCUT2D eigenvalue weighted by Crippen LogP contribution is -2.30. The first-order valence-corrected chi connectivity index (χ1v) is 8.70. The first kappa shape index (κ1) is 21.6. The Balaban J connectivity index is 2.53. The van der Waals surface area contributed by atoms with Gasteiger partial charge in [-0.1, -0.05) is 25.8 Å². The number of nitrogens with one attached hydrogen (secondary N) is 1. The van der Waals surface area contributed by atoms with Gasteiger partial charge >= 0.3 is 0 Å². The molecule has 0 aliphatic carbocycles. The Morgan fingerprint density at radius 1 is 1.42 bits per heavy atom. The van der Waals surface area contributed by atoms with Crippen molar-refractivity contribution in [1.29, 1.82) is 0 Å². The van der Waals surface area contributed by atoms with Crippen LogP contribution >= 0.6 is 0 Å². The standard InChI is InChI=1S/C18H28FN5O2/c1-4-16(19)14-20-15(2)24(17-11-13-23(3)21-17)12-9-7-5-6-8-10-18(25)22-26/h4,11,13-14,26H,1,5-10,12H2,2-3H3,(H,22,25)/b16-14+,20-15?. The Labute approximate surface area is 153 Å². The van der Waals surface area contributed by atoms with Crippen LogP contribution in [0.15, 0.2) is 41.9 Å². The largest absolute Gasteiger partial charge is 0.313 e.